The smallest absolute Gasteiger partial charge is 0.417 e. The predicted molar refractivity (Wildman–Crippen MR) is 151 cm³/mol. The molecule has 0 radical (unpaired) electrons. The molecular formula is C28H28F3N3O4S2. The first-order valence-corrected chi connectivity index (χ1v) is 15.0. The molecule has 1 amide bonds. The van der Waals surface area contributed by atoms with E-state index >= 15 is 0 Å². The number of hydrogen-bond acceptors (Lipinski definition) is 7. The third kappa shape index (κ3) is 6.73. The molecular weight excluding hydrogens is 563 g/mol. The number of halogens is 3. The molecule has 212 valence electrons. The van der Waals surface area contributed by atoms with Gasteiger partial charge < -0.3 is 9.64 Å². The van der Waals surface area contributed by atoms with Crippen molar-refractivity contribution in [2.75, 3.05) is 29.1 Å². The molecule has 1 atom stereocenters. The maximum Gasteiger partial charge on any atom is 0.417 e. The highest BCUT2D eigenvalue weighted by Crippen LogP contribution is 2.34. The summed E-state index contributed by atoms with van der Waals surface area (Å²) in [5, 5.41) is 2.98. The quantitative estimate of drug-likeness (QED) is 0.221. The normalized spacial score (nSPS) is 12.8. The van der Waals surface area contributed by atoms with Crippen LogP contribution in [-0.2, 0) is 20.8 Å². The molecule has 0 saturated heterocycles. The van der Waals surface area contributed by atoms with Gasteiger partial charge in [-0.2, -0.15) is 13.2 Å². The lowest BCUT2D eigenvalue weighted by atomic mass is 10.1. The number of nitrogens with one attached hydrogen (secondary N) is 1. The highest BCUT2D eigenvalue weighted by atomic mass is 32.2. The SMILES string of the molecule is CCN(CC)c1ccc(NC(=O)OC(CS(=O)(=O)c2ccc(C(F)(F)F)cn2)c2cc3ccccc3s2)c(C)c1. The lowest BCUT2D eigenvalue weighted by Gasteiger charge is -2.22. The molecule has 12 heteroatoms. The number of aromatic nitrogens is 1. The summed E-state index contributed by atoms with van der Waals surface area (Å²) in [6, 6.07) is 16.1. The van der Waals surface area contributed by atoms with E-state index < -0.39 is 44.6 Å². The van der Waals surface area contributed by atoms with E-state index in [0.717, 1.165) is 40.5 Å². The molecule has 0 aliphatic heterocycles. The van der Waals surface area contributed by atoms with E-state index in [1.54, 1.807) is 12.1 Å². The zero-order chi connectivity index (χ0) is 29.1. The molecule has 7 nitrogen and oxygen atoms in total. The van der Waals surface area contributed by atoms with Crippen molar-refractivity contribution >= 4 is 48.7 Å². The number of benzene rings is 2. The number of amides is 1. The molecule has 0 aliphatic carbocycles. The minimum Gasteiger partial charge on any atom is -0.439 e. The molecule has 4 rings (SSSR count). The van der Waals surface area contributed by atoms with Gasteiger partial charge in [0.05, 0.1) is 11.3 Å². The summed E-state index contributed by atoms with van der Waals surface area (Å²) in [7, 11) is -4.24. The van der Waals surface area contributed by atoms with Crippen LogP contribution in [0.5, 0.6) is 0 Å². The average molecular weight is 592 g/mol. The maximum absolute atomic E-state index is 13.2. The van der Waals surface area contributed by atoms with Gasteiger partial charge in [0.15, 0.2) is 21.0 Å². The van der Waals surface area contributed by atoms with Crippen molar-refractivity contribution in [2.24, 2.45) is 0 Å². The standard InChI is InChI=1S/C28H28F3N3O4S2/c1-4-34(5-2)21-11-12-22(18(3)14-21)33-27(35)38-23(25-15-19-8-6-7-9-24(19)39-25)17-40(36,37)26-13-10-20(16-32-26)28(29,30)31/h6-16,23H,4-5,17H2,1-3H3,(H,33,35). The summed E-state index contributed by atoms with van der Waals surface area (Å²) in [5.74, 6) is -0.703. The number of anilines is 2. The Morgan fingerprint density at radius 3 is 2.40 bits per heavy atom. The van der Waals surface area contributed by atoms with Gasteiger partial charge in [0.2, 0.25) is 0 Å². The van der Waals surface area contributed by atoms with Gasteiger partial charge in [0, 0.05) is 40.2 Å². The zero-order valence-corrected chi connectivity index (χ0v) is 23.7. The van der Waals surface area contributed by atoms with E-state index in [-0.39, 0.29) is 0 Å². The van der Waals surface area contributed by atoms with Crippen LogP contribution in [0.2, 0.25) is 0 Å². The van der Waals surface area contributed by atoms with Crippen LogP contribution in [-0.4, -0.2) is 38.3 Å². The first kappa shape index (κ1) is 29.3. The van der Waals surface area contributed by atoms with Gasteiger partial charge in [-0.3, -0.25) is 5.32 Å². The van der Waals surface area contributed by atoms with Gasteiger partial charge in [-0.05, 0) is 74.2 Å². The highest BCUT2D eigenvalue weighted by molar-refractivity contribution is 7.91. The summed E-state index contributed by atoms with van der Waals surface area (Å²) in [6.07, 6.45) is -6.28. The topological polar surface area (TPSA) is 88.6 Å². The fourth-order valence-corrected chi connectivity index (χ4v) is 6.70. The van der Waals surface area contributed by atoms with Crippen molar-refractivity contribution in [1.29, 1.82) is 0 Å². The second-order valence-corrected chi connectivity index (χ2v) is 12.1. The van der Waals surface area contributed by atoms with Crippen LogP contribution >= 0.6 is 11.3 Å². The van der Waals surface area contributed by atoms with Crippen LogP contribution in [0.1, 0.15) is 36.0 Å². The Hall–Kier alpha value is -3.64. The molecule has 4 aromatic rings. The number of alkyl halides is 3. The van der Waals surface area contributed by atoms with E-state index in [1.165, 1.54) is 11.3 Å². The highest BCUT2D eigenvalue weighted by Gasteiger charge is 2.33. The van der Waals surface area contributed by atoms with E-state index in [4.69, 9.17) is 4.74 Å². The minimum atomic E-state index is -4.65. The molecule has 2 heterocycles. The first-order valence-electron chi connectivity index (χ1n) is 12.5. The molecule has 0 saturated carbocycles. The fraction of sp³-hybridized carbons (Fsp3) is 0.286. The number of rotatable bonds is 9. The summed E-state index contributed by atoms with van der Waals surface area (Å²) < 4.78 is 71.7. The summed E-state index contributed by atoms with van der Waals surface area (Å²) in [5.41, 5.74) is 1.23. The number of carbonyl (C=O) groups excluding carboxylic acids is 1. The Balaban J connectivity index is 1.60. The van der Waals surface area contributed by atoms with Crippen LogP contribution in [0.4, 0.5) is 29.3 Å². The fourth-order valence-electron chi connectivity index (χ4n) is 4.19. The van der Waals surface area contributed by atoms with Gasteiger partial charge in [-0.25, -0.2) is 18.2 Å². The van der Waals surface area contributed by atoms with Crippen molar-refractivity contribution in [2.45, 2.75) is 38.1 Å². The van der Waals surface area contributed by atoms with Gasteiger partial charge in [0.1, 0.15) is 0 Å². The molecule has 2 aromatic heterocycles. The molecule has 2 aromatic carbocycles. The van der Waals surface area contributed by atoms with Crippen LogP contribution in [0.25, 0.3) is 10.1 Å². The number of pyridine rings is 1. The van der Waals surface area contributed by atoms with Crippen molar-refractivity contribution in [1.82, 2.24) is 4.98 Å². The summed E-state index contributed by atoms with van der Waals surface area (Å²) >= 11 is 1.26. The minimum absolute atomic E-state index is 0.472. The second kappa shape index (κ2) is 11.8. The van der Waals surface area contributed by atoms with Crippen LogP contribution in [0.3, 0.4) is 0 Å². The number of carbonyl (C=O) groups is 1. The van der Waals surface area contributed by atoms with E-state index in [9.17, 15) is 26.4 Å². The molecule has 0 spiro atoms. The number of sulfone groups is 1. The Morgan fingerprint density at radius 1 is 1.07 bits per heavy atom. The van der Waals surface area contributed by atoms with Crippen molar-refractivity contribution in [3.05, 3.63) is 82.9 Å². The third-order valence-corrected chi connectivity index (χ3v) is 9.17. The average Bonchev–Trinajstić information content (AvgIpc) is 3.34. The Bertz CT molecular complexity index is 1570. The lowest BCUT2D eigenvalue weighted by molar-refractivity contribution is -0.137. The Kier molecular flexibility index (Phi) is 8.69. The summed E-state index contributed by atoms with van der Waals surface area (Å²) in [6.45, 7) is 7.58. The number of aryl methyl sites for hydroxylation is 1. The molecule has 1 unspecified atom stereocenters. The van der Waals surface area contributed by atoms with Gasteiger partial charge >= 0.3 is 12.3 Å². The van der Waals surface area contributed by atoms with Crippen LogP contribution < -0.4 is 10.2 Å². The number of thiophene rings is 1. The largest absolute Gasteiger partial charge is 0.439 e. The van der Waals surface area contributed by atoms with Crippen molar-refractivity contribution in [3.8, 4) is 0 Å². The predicted octanol–water partition coefficient (Wildman–Crippen LogP) is 7.23. The Labute approximate surface area is 234 Å². The van der Waals surface area contributed by atoms with Crippen molar-refractivity contribution < 1.29 is 31.1 Å². The molecule has 40 heavy (non-hydrogen) atoms. The van der Waals surface area contributed by atoms with Crippen LogP contribution in [0, 0.1) is 6.92 Å². The second-order valence-electron chi connectivity index (χ2n) is 9.04. The van der Waals surface area contributed by atoms with E-state index in [0.29, 0.717) is 22.8 Å². The molecule has 1 N–H and O–H groups in total. The third-order valence-electron chi connectivity index (χ3n) is 6.34. The molecule has 0 aliphatic rings. The van der Waals surface area contributed by atoms with Gasteiger partial charge in [0.25, 0.3) is 0 Å². The van der Waals surface area contributed by atoms with Gasteiger partial charge in [-0.15, -0.1) is 11.3 Å². The number of nitrogens with zero attached hydrogens (tertiary/aromatic N) is 2. The number of fused-ring (bicyclic) bond motifs is 1. The number of ether oxygens (including phenoxy) is 1. The summed E-state index contributed by atoms with van der Waals surface area (Å²) in [4.78, 5) is 19.2. The number of hydrogen-bond donors (Lipinski definition) is 1. The van der Waals surface area contributed by atoms with E-state index in [1.807, 2.05) is 57.2 Å². The molecule has 0 fully saturated rings. The molecule has 0 bridgehead atoms. The Morgan fingerprint density at radius 2 is 1.80 bits per heavy atom. The monoisotopic (exact) mass is 591 g/mol. The van der Waals surface area contributed by atoms with E-state index in [2.05, 4.69) is 15.2 Å². The first-order chi connectivity index (χ1) is 18.9. The van der Waals surface area contributed by atoms with Crippen molar-refractivity contribution in [3.63, 3.8) is 0 Å². The van der Waals surface area contributed by atoms with Gasteiger partial charge in [-0.1, -0.05) is 18.2 Å². The van der Waals surface area contributed by atoms with Crippen LogP contribution in [0.15, 0.2) is 71.9 Å². The zero-order valence-electron chi connectivity index (χ0n) is 22.0. The maximum atomic E-state index is 13.2. The lowest BCUT2D eigenvalue weighted by Crippen LogP contribution is -2.24.